The molecule has 3 nitrogen and oxygen atoms in total. The van der Waals surface area contributed by atoms with Gasteiger partial charge in [-0.15, -0.1) is 0 Å². The van der Waals surface area contributed by atoms with E-state index in [9.17, 15) is 0 Å². The number of hydrogen-bond acceptors (Lipinski definition) is 3. The smallest absolute Gasteiger partial charge is 0.117 e. The zero-order chi connectivity index (χ0) is 10.5. The molecule has 0 aliphatic carbocycles. The van der Waals surface area contributed by atoms with E-state index in [1.54, 1.807) is 11.8 Å². The molecule has 0 saturated heterocycles. The van der Waals surface area contributed by atoms with Crippen molar-refractivity contribution >= 4 is 22.8 Å². The maximum absolute atomic E-state index is 8.39. The molecule has 2 aromatic rings. The highest BCUT2D eigenvalue weighted by molar-refractivity contribution is 7.98. The second kappa shape index (κ2) is 4.85. The van der Waals surface area contributed by atoms with Crippen molar-refractivity contribution in [1.82, 2.24) is 9.97 Å². The molecule has 2 rings (SSSR count). The fourth-order valence-electron chi connectivity index (χ4n) is 1.36. The van der Waals surface area contributed by atoms with E-state index >= 15 is 0 Å². The number of hydrogen-bond donors (Lipinski definition) is 1. The Balaban J connectivity index is 2.00. The van der Waals surface area contributed by atoms with Crippen molar-refractivity contribution in [2.45, 2.75) is 12.2 Å². The van der Waals surface area contributed by atoms with Crippen LogP contribution in [-0.4, -0.2) is 15.7 Å². The molecule has 4 heteroatoms. The second-order valence-corrected chi connectivity index (χ2v) is 4.27. The summed E-state index contributed by atoms with van der Waals surface area (Å²) in [6, 6.07) is 10.1. The number of H-pyrrole nitrogens is 1. The molecule has 0 spiro atoms. The van der Waals surface area contributed by atoms with E-state index in [2.05, 4.69) is 16.0 Å². The summed E-state index contributed by atoms with van der Waals surface area (Å²) in [4.78, 5) is 7.71. The molecule has 0 fully saturated rings. The number of benzene rings is 1. The van der Waals surface area contributed by atoms with Gasteiger partial charge in [-0.05, 0) is 12.1 Å². The molecule has 0 amide bonds. The van der Waals surface area contributed by atoms with Crippen LogP contribution in [0.25, 0.3) is 11.0 Å². The second-order valence-electron chi connectivity index (χ2n) is 3.16. The minimum atomic E-state index is 0.602. The van der Waals surface area contributed by atoms with Gasteiger partial charge in [0.05, 0.1) is 22.9 Å². The number of fused-ring (bicyclic) bond motifs is 1. The van der Waals surface area contributed by atoms with Crippen LogP contribution in [0, 0.1) is 11.3 Å². The third kappa shape index (κ3) is 2.51. The number of aromatic nitrogens is 2. The van der Waals surface area contributed by atoms with Crippen LogP contribution in [0.15, 0.2) is 24.3 Å². The lowest BCUT2D eigenvalue weighted by Gasteiger charge is -1.93. The van der Waals surface area contributed by atoms with E-state index in [1.807, 2.05) is 24.3 Å². The number of nitriles is 1. The lowest BCUT2D eigenvalue weighted by Crippen LogP contribution is -1.84. The highest BCUT2D eigenvalue weighted by atomic mass is 32.2. The Hall–Kier alpha value is -1.47. The average Bonchev–Trinajstić information content (AvgIpc) is 2.67. The summed E-state index contributed by atoms with van der Waals surface area (Å²) in [6.07, 6.45) is 0.602. The maximum atomic E-state index is 8.39. The first kappa shape index (κ1) is 10.1. The molecule has 1 aromatic heterocycles. The Morgan fingerprint density at radius 3 is 3.07 bits per heavy atom. The standard InChI is InChI=1S/C11H11N3S/c12-6-3-7-15-8-11-13-9-4-1-2-5-10(9)14-11/h1-2,4-5H,3,7-8H2,(H,13,14). The van der Waals surface area contributed by atoms with Gasteiger partial charge in [-0.1, -0.05) is 12.1 Å². The molecule has 15 heavy (non-hydrogen) atoms. The molecular weight excluding hydrogens is 206 g/mol. The van der Waals surface area contributed by atoms with Crippen LogP contribution in [0.4, 0.5) is 0 Å². The molecule has 0 atom stereocenters. The number of nitrogens with one attached hydrogen (secondary N) is 1. The lowest BCUT2D eigenvalue weighted by atomic mass is 10.3. The Labute approximate surface area is 92.5 Å². The van der Waals surface area contributed by atoms with Gasteiger partial charge in [0.1, 0.15) is 5.82 Å². The van der Waals surface area contributed by atoms with Crippen LogP contribution in [0.2, 0.25) is 0 Å². The van der Waals surface area contributed by atoms with Crippen LogP contribution < -0.4 is 0 Å². The highest BCUT2D eigenvalue weighted by Crippen LogP contribution is 2.15. The van der Waals surface area contributed by atoms with Crippen molar-refractivity contribution in [2.24, 2.45) is 0 Å². The third-order valence-corrected chi connectivity index (χ3v) is 3.01. The van der Waals surface area contributed by atoms with E-state index in [0.29, 0.717) is 6.42 Å². The predicted molar refractivity (Wildman–Crippen MR) is 62.5 cm³/mol. The first-order valence-electron chi connectivity index (χ1n) is 4.78. The molecule has 0 saturated carbocycles. The Kier molecular flexibility index (Phi) is 3.25. The largest absolute Gasteiger partial charge is 0.341 e. The minimum Gasteiger partial charge on any atom is -0.341 e. The number of rotatable bonds is 4. The first-order chi connectivity index (χ1) is 7.40. The van der Waals surface area contributed by atoms with E-state index in [1.165, 1.54) is 0 Å². The molecule has 0 radical (unpaired) electrons. The van der Waals surface area contributed by atoms with Gasteiger partial charge in [0.15, 0.2) is 0 Å². The van der Waals surface area contributed by atoms with Crippen LogP contribution in [0.3, 0.4) is 0 Å². The Morgan fingerprint density at radius 1 is 1.40 bits per heavy atom. The molecule has 1 aromatic carbocycles. The molecule has 0 aliphatic rings. The maximum Gasteiger partial charge on any atom is 0.117 e. The normalized spacial score (nSPS) is 10.3. The number of imidazole rings is 1. The Bertz CT molecular complexity index is 451. The van der Waals surface area contributed by atoms with Crippen molar-refractivity contribution in [1.29, 1.82) is 5.26 Å². The molecule has 0 bridgehead atoms. The lowest BCUT2D eigenvalue weighted by molar-refractivity contribution is 1.13. The fraction of sp³-hybridized carbons (Fsp3) is 0.273. The summed E-state index contributed by atoms with van der Waals surface area (Å²) in [7, 11) is 0. The highest BCUT2D eigenvalue weighted by Gasteiger charge is 2.01. The van der Waals surface area contributed by atoms with Crippen molar-refractivity contribution in [3.8, 4) is 6.07 Å². The first-order valence-corrected chi connectivity index (χ1v) is 5.94. The number of thioether (sulfide) groups is 1. The predicted octanol–water partition coefficient (Wildman–Crippen LogP) is 2.71. The van der Waals surface area contributed by atoms with E-state index in [0.717, 1.165) is 28.4 Å². The van der Waals surface area contributed by atoms with E-state index in [4.69, 9.17) is 5.26 Å². The van der Waals surface area contributed by atoms with Gasteiger partial charge >= 0.3 is 0 Å². The van der Waals surface area contributed by atoms with Crippen molar-refractivity contribution in [3.05, 3.63) is 30.1 Å². The summed E-state index contributed by atoms with van der Waals surface area (Å²) in [5.74, 6) is 2.70. The van der Waals surface area contributed by atoms with Gasteiger partial charge in [0, 0.05) is 12.2 Å². The summed E-state index contributed by atoms with van der Waals surface area (Å²) in [5.41, 5.74) is 2.08. The molecular formula is C11H11N3S. The fourth-order valence-corrected chi connectivity index (χ4v) is 2.07. The quantitative estimate of drug-likeness (QED) is 0.801. The zero-order valence-corrected chi connectivity index (χ0v) is 9.05. The van der Waals surface area contributed by atoms with Crippen molar-refractivity contribution in [2.75, 3.05) is 5.75 Å². The summed E-state index contributed by atoms with van der Waals surface area (Å²) in [6.45, 7) is 0. The van der Waals surface area contributed by atoms with E-state index in [-0.39, 0.29) is 0 Å². The van der Waals surface area contributed by atoms with E-state index < -0.39 is 0 Å². The molecule has 76 valence electrons. The van der Waals surface area contributed by atoms with Crippen LogP contribution >= 0.6 is 11.8 Å². The van der Waals surface area contributed by atoms with Crippen molar-refractivity contribution < 1.29 is 0 Å². The Morgan fingerprint density at radius 2 is 2.27 bits per heavy atom. The van der Waals surface area contributed by atoms with Crippen molar-refractivity contribution in [3.63, 3.8) is 0 Å². The van der Waals surface area contributed by atoms with Gasteiger partial charge in [0.2, 0.25) is 0 Å². The van der Waals surface area contributed by atoms with Gasteiger partial charge < -0.3 is 4.98 Å². The molecule has 0 unspecified atom stereocenters. The number of para-hydroxylation sites is 2. The van der Waals surface area contributed by atoms with Gasteiger partial charge in [0.25, 0.3) is 0 Å². The average molecular weight is 217 g/mol. The number of aromatic amines is 1. The molecule has 1 heterocycles. The zero-order valence-electron chi connectivity index (χ0n) is 8.23. The molecule has 1 N–H and O–H groups in total. The van der Waals surface area contributed by atoms with Crippen LogP contribution in [0.5, 0.6) is 0 Å². The SMILES string of the molecule is N#CCCSCc1nc2ccccc2[nH]1. The monoisotopic (exact) mass is 217 g/mol. The van der Waals surface area contributed by atoms with Gasteiger partial charge in [-0.3, -0.25) is 0 Å². The summed E-state index contributed by atoms with van der Waals surface area (Å²) < 4.78 is 0. The van der Waals surface area contributed by atoms with Gasteiger partial charge in [-0.2, -0.15) is 17.0 Å². The number of nitrogens with zero attached hydrogens (tertiary/aromatic N) is 2. The third-order valence-electron chi connectivity index (χ3n) is 2.04. The van der Waals surface area contributed by atoms with Crippen LogP contribution in [-0.2, 0) is 5.75 Å². The van der Waals surface area contributed by atoms with Gasteiger partial charge in [-0.25, -0.2) is 4.98 Å². The summed E-state index contributed by atoms with van der Waals surface area (Å²) >= 11 is 1.73. The van der Waals surface area contributed by atoms with Crippen LogP contribution in [0.1, 0.15) is 12.2 Å². The summed E-state index contributed by atoms with van der Waals surface area (Å²) in [5, 5.41) is 8.39. The molecule has 0 aliphatic heterocycles. The minimum absolute atomic E-state index is 0.602. The topological polar surface area (TPSA) is 52.5 Å².